The molecule has 5 heteroatoms. The molecule has 0 radical (unpaired) electrons. The zero-order valence-electron chi connectivity index (χ0n) is 9.68. The first kappa shape index (κ1) is 10.3. The summed E-state index contributed by atoms with van der Waals surface area (Å²) in [6.45, 7) is 3.20. The lowest BCUT2D eigenvalue weighted by Gasteiger charge is -2.12. The fourth-order valence-corrected chi connectivity index (χ4v) is 2.33. The van der Waals surface area contributed by atoms with E-state index in [-0.39, 0.29) is 5.91 Å². The number of amides is 1. The summed E-state index contributed by atoms with van der Waals surface area (Å²) in [5.41, 5.74) is 1.72. The van der Waals surface area contributed by atoms with Gasteiger partial charge in [-0.1, -0.05) is 0 Å². The Kier molecular flexibility index (Phi) is 2.31. The van der Waals surface area contributed by atoms with Gasteiger partial charge in [0.1, 0.15) is 5.82 Å². The van der Waals surface area contributed by atoms with Crippen LogP contribution in [0.1, 0.15) is 25.1 Å². The lowest BCUT2D eigenvalue weighted by Crippen LogP contribution is -2.25. The number of rotatable bonds is 1. The molecule has 3 heterocycles. The maximum atomic E-state index is 11.3. The minimum atomic E-state index is 0.140. The number of imidazole rings is 1. The third-order valence-corrected chi connectivity index (χ3v) is 3.30. The van der Waals surface area contributed by atoms with E-state index in [1.165, 1.54) is 0 Å². The van der Waals surface area contributed by atoms with Crippen molar-refractivity contribution < 1.29 is 4.79 Å². The van der Waals surface area contributed by atoms with Gasteiger partial charge in [0.15, 0.2) is 5.65 Å². The molecule has 2 aromatic rings. The highest BCUT2D eigenvalue weighted by Crippen LogP contribution is 2.26. The predicted molar refractivity (Wildman–Crippen MR) is 63.5 cm³/mol. The van der Waals surface area contributed by atoms with E-state index in [1.54, 1.807) is 13.1 Å². The van der Waals surface area contributed by atoms with Gasteiger partial charge in [0.05, 0.1) is 5.52 Å². The fourth-order valence-electron chi connectivity index (χ4n) is 2.33. The highest BCUT2D eigenvalue weighted by atomic mass is 16.2. The number of pyridine rings is 1. The van der Waals surface area contributed by atoms with Crippen molar-refractivity contribution in [3.05, 3.63) is 24.2 Å². The van der Waals surface area contributed by atoms with Gasteiger partial charge in [-0.3, -0.25) is 4.79 Å². The van der Waals surface area contributed by atoms with Gasteiger partial charge in [-0.05, 0) is 18.6 Å². The predicted octanol–water partition coefficient (Wildman–Crippen LogP) is 1.29. The standard InChI is InChI=1S/C12H14N4O/c1-8(17)16-6-4-9(7-16)11-14-10-3-2-5-13-12(10)15-11/h2-3,5,9H,4,6-7H2,1H3,(H,13,14,15)/t9-/m0/s1. The van der Waals surface area contributed by atoms with E-state index in [0.29, 0.717) is 5.92 Å². The normalized spacial score (nSPS) is 20.1. The van der Waals surface area contributed by atoms with Crippen molar-refractivity contribution in [1.82, 2.24) is 19.9 Å². The number of hydrogen-bond donors (Lipinski definition) is 1. The Morgan fingerprint density at radius 2 is 2.47 bits per heavy atom. The third-order valence-electron chi connectivity index (χ3n) is 3.30. The number of carbonyl (C=O) groups excluding carboxylic acids is 1. The van der Waals surface area contributed by atoms with Crippen LogP contribution in [-0.4, -0.2) is 38.8 Å². The van der Waals surface area contributed by atoms with Crippen LogP contribution < -0.4 is 0 Å². The number of nitrogens with zero attached hydrogens (tertiary/aromatic N) is 3. The smallest absolute Gasteiger partial charge is 0.219 e. The summed E-state index contributed by atoms with van der Waals surface area (Å²) in [4.78, 5) is 25.1. The molecule has 1 N–H and O–H groups in total. The van der Waals surface area contributed by atoms with Crippen molar-refractivity contribution in [3.8, 4) is 0 Å². The van der Waals surface area contributed by atoms with Crippen LogP contribution >= 0.6 is 0 Å². The monoisotopic (exact) mass is 230 g/mol. The summed E-state index contributed by atoms with van der Waals surface area (Å²) in [5, 5.41) is 0. The number of H-pyrrole nitrogens is 1. The van der Waals surface area contributed by atoms with E-state index < -0.39 is 0 Å². The molecule has 1 aliphatic rings. The largest absolute Gasteiger partial charge is 0.342 e. The van der Waals surface area contributed by atoms with E-state index in [2.05, 4.69) is 15.0 Å². The molecular weight excluding hydrogens is 216 g/mol. The molecule has 0 bridgehead atoms. The van der Waals surface area contributed by atoms with E-state index in [4.69, 9.17) is 0 Å². The van der Waals surface area contributed by atoms with Crippen molar-refractivity contribution >= 4 is 17.1 Å². The van der Waals surface area contributed by atoms with Crippen LogP contribution in [0.4, 0.5) is 0 Å². The number of hydrogen-bond acceptors (Lipinski definition) is 3. The SMILES string of the molecule is CC(=O)N1CC[C@H](c2nc3ncccc3[nH]2)C1. The van der Waals surface area contributed by atoms with Gasteiger partial charge in [0.25, 0.3) is 0 Å². The summed E-state index contributed by atoms with van der Waals surface area (Å²) in [6.07, 6.45) is 2.71. The highest BCUT2D eigenvalue weighted by molar-refractivity contribution is 5.74. The minimum absolute atomic E-state index is 0.140. The van der Waals surface area contributed by atoms with Crippen molar-refractivity contribution in [2.24, 2.45) is 0 Å². The van der Waals surface area contributed by atoms with Gasteiger partial charge >= 0.3 is 0 Å². The average Bonchev–Trinajstić information content (AvgIpc) is 2.95. The van der Waals surface area contributed by atoms with Gasteiger partial charge < -0.3 is 9.88 Å². The van der Waals surface area contributed by atoms with Crippen molar-refractivity contribution in [3.63, 3.8) is 0 Å². The molecule has 0 saturated carbocycles. The summed E-state index contributed by atoms with van der Waals surface area (Å²) in [7, 11) is 0. The van der Waals surface area contributed by atoms with Gasteiger partial charge in [0, 0.05) is 32.1 Å². The zero-order chi connectivity index (χ0) is 11.8. The molecule has 1 fully saturated rings. The molecule has 0 spiro atoms. The number of nitrogens with one attached hydrogen (secondary N) is 1. The fraction of sp³-hybridized carbons (Fsp3) is 0.417. The van der Waals surface area contributed by atoms with Crippen LogP contribution in [0.5, 0.6) is 0 Å². The summed E-state index contributed by atoms with van der Waals surface area (Å²) >= 11 is 0. The maximum absolute atomic E-state index is 11.3. The highest BCUT2D eigenvalue weighted by Gasteiger charge is 2.27. The number of fused-ring (bicyclic) bond motifs is 1. The Balaban J connectivity index is 1.87. The topological polar surface area (TPSA) is 61.9 Å². The molecule has 88 valence electrons. The number of carbonyl (C=O) groups is 1. The molecule has 1 amide bonds. The number of likely N-dealkylation sites (tertiary alicyclic amines) is 1. The Bertz CT molecular complexity index is 529. The van der Waals surface area contributed by atoms with Crippen LogP contribution in [0.25, 0.3) is 11.2 Å². The van der Waals surface area contributed by atoms with Gasteiger partial charge in [-0.25, -0.2) is 9.97 Å². The van der Waals surface area contributed by atoms with Crippen LogP contribution in [0, 0.1) is 0 Å². The van der Waals surface area contributed by atoms with Gasteiger partial charge in [-0.15, -0.1) is 0 Å². The lowest BCUT2D eigenvalue weighted by atomic mass is 10.1. The molecule has 0 unspecified atom stereocenters. The maximum Gasteiger partial charge on any atom is 0.219 e. The quantitative estimate of drug-likeness (QED) is 0.803. The number of aromatic amines is 1. The Morgan fingerprint density at radius 3 is 3.18 bits per heavy atom. The van der Waals surface area contributed by atoms with E-state index in [9.17, 15) is 4.79 Å². The first-order valence-electron chi connectivity index (χ1n) is 5.80. The van der Waals surface area contributed by atoms with Gasteiger partial charge in [0.2, 0.25) is 5.91 Å². The number of aromatic nitrogens is 3. The van der Waals surface area contributed by atoms with Crippen molar-refractivity contribution in [2.75, 3.05) is 13.1 Å². The van der Waals surface area contributed by atoms with Crippen molar-refractivity contribution in [1.29, 1.82) is 0 Å². The van der Waals surface area contributed by atoms with Crippen molar-refractivity contribution in [2.45, 2.75) is 19.3 Å². The lowest BCUT2D eigenvalue weighted by molar-refractivity contribution is -0.127. The summed E-state index contributed by atoms with van der Waals surface area (Å²) < 4.78 is 0. The van der Waals surface area contributed by atoms with E-state index in [0.717, 1.165) is 36.5 Å². The second kappa shape index (κ2) is 3.84. The first-order valence-corrected chi connectivity index (χ1v) is 5.80. The van der Waals surface area contributed by atoms with E-state index in [1.807, 2.05) is 17.0 Å². The van der Waals surface area contributed by atoms with Crippen LogP contribution in [0.2, 0.25) is 0 Å². The molecular formula is C12H14N4O. The molecule has 17 heavy (non-hydrogen) atoms. The van der Waals surface area contributed by atoms with Crippen LogP contribution in [0.15, 0.2) is 18.3 Å². The Labute approximate surface area is 98.9 Å². The van der Waals surface area contributed by atoms with Crippen LogP contribution in [-0.2, 0) is 4.79 Å². The molecule has 3 rings (SSSR count). The molecule has 1 atom stereocenters. The second-order valence-corrected chi connectivity index (χ2v) is 4.45. The zero-order valence-corrected chi connectivity index (χ0v) is 9.68. The molecule has 0 aromatic carbocycles. The average molecular weight is 230 g/mol. The second-order valence-electron chi connectivity index (χ2n) is 4.45. The Morgan fingerprint density at radius 1 is 1.59 bits per heavy atom. The molecule has 5 nitrogen and oxygen atoms in total. The van der Waals surface area contributed by atoms with Gasteiger partial charge in [-0.2, -0.15) is 0 Å². The van der Waals surface area contributed by atoms with E-state index >= 15 is 0 Å². The first-order chi connectivity index (χ1) is 8.24. The summed E-state index contributed by atoms with van der Waals surface area (Å²) in [5.74, 6) is 1.40. The summed E-state index contributed by atoms with van der Waals surface area (Å²) in [6, 6.07) is 3.86. The molecule has 1 saturated heterocycles. The molecule has 1 aliphatic heterocycles. The third kappa shape index (κ3) is 1.77. The molecule has 2 aromatic heterocycles. The van der Waals surface area contributed by atoms with Crippen LogP contribution in [0.3, 0.4) is 0 Å². The Hall–Kier alpha value is -1.91. The molecule has 0 aliphatic carbocycles. The minimum Gasteiger partial charge on any atom is -0.342 e.